The summed E-state index contributed by atoms with van der Waals surface area (Å²) < 4.78 is 5.20. The van der Waals surface area contributed by atoms with Gasteiger partial charge < -0.3 is 21.1 Å². The number of hydrogen-bond acceptors (Lipinski definition) is 3. The van der Waals surface area contributed by atoms with Crippen LogP contribution in [0.3, 0.4) is 0 Å². The lowest BCUT2D eigenvalue weighted by Crippen LogP contribution is -2.32. The molecule has 0 aliphatic rings. The van der Waals surface area contributed by atoms with Crippen molar-refractivity contribution in [2.24, 2.45) is 10.7 Å². The van der Waals surface area contributed by atoms with Gasteiger partial charge in [-0.25, -0.2) is 4.99 Å². The van der Waals surface area contributed by atoms with Crippen molar-refractivity contribution in [1.29, 1.82) is 0 Å². The van der Waals surface area contributed by atoms with E-state index in [2.05, 4.69) is 22.5 Å². The summed E-state index contributed by atoms with van der Waals surface area (Å²) in [5.41, 5.74) is 7.36. The molecule has 0 fully saturated rings. The molecule has 0 atom stereocenters. The summed E-state index contributed by atoms with van der Waals surface area (Å²) in [6.45, 7) is 4.85. The van der Waals surface area contributed by atoms with Crippen LogP contribution in [-0.4, -0.2) is 25.5 Å². The van der Waals surface area contributed by atoms with E-state index in [1.807, 2.05) is 12.1 Å². The molecule has 0 saturated heterocycles. The van der Waals surface area contributed by atoms with E-state index >= 15 is 0 Å². The molecule has 4 N–H and O–H groups in total. The van der Waals surface area contributed by atoms with Crippen molar-refractivity contribution in [3.63, 3.8) is 0 Å². The Morgan fingerprint density at radius 3 is 2.81 bits per heavy atom. The van der Waals surface area contributed by atoms with E-state index in [1.165, 1.54) is 6.92 Å². The third-order valence-electron chi connectivity index (χ3n) is 2.84. The molecule has 1 aromatic rings. The number of benzene rings is 1. The maximum Gasteiger partial charge on any atom is 0.221 e. The Morgan fingerprint density at radius 2 is 2.19 bits per heavy atom. The van der Waals surface area contributed by atoms with E-state index in [4.69, 9.17) is 10.5 Å². The topological polar surface area (TPSA) is 88.7 Å². The van der Waals surface area contributed by atoms with E-state index in [9.17, 15) is 4.79 Å². The quantitative estimate of drug-likeness (QED) is 0.406. The number of carbonyl (C=O) groups is 1. The summed E-state index contributed by atoms with van der Waals surface area (Å²) in [7, 11) is 1.56. The molecule has 1 aromatic carbocycles. The molecule has 1 amide bonds. The zero-order chi connectivity index (χ0) is 15.7. The lowest BCUT2D eigenvalue weighted by Gasteiger charge is -2.10. The Balaban J connectivity index is 2.70. The molecule has 0 heterocycles. The fourth-order valence-corrected chi connectivity index (χ4v) is 1.77. The van der Waals surface area contributed by atoms with Crippen molar-refractivity contribution < 1.29 is 9.53 Å². The molecular weight excluding hydrogens is 268 g/mol. The number of aliphatic imine (C=N–C) groups is 1. The number of nitrogens with two attached hydrogens (primary N) is 1. The van der Waals surface area contributed by atoms with Crippen molar-refractivity contribution in [1.82, 2.24) is 5.32 Å². The summed E-state index contributed by atoms with van der Waals surface area (Å²) in [4.78, 5) is 15.5. The highest BCUT2D eigenvalue weighted by Crippen LogP contribution is 2.25. The molecular formula is C15H24N4O2. The van der Waals surface area contributed by atoms with Crippen LogP contribution in [0.2, 0.25) is 0 Å². The number of carbonyl (C=O) groups excluding carboxylic acids is 1. The number of methoxy groups -OCH3 is 1. The van der Waals surface area contributed by atoms with Crippen LogP contribution < -0.4 is 21.1 Å². The van der Waals surface area contributed by atoms with Crippen molar-refractivity contribution in [2.45, 2.75) is 33.2 Å². The average Bonchev–Trinajstić information content (AvgIpc) is 2.45. The van der Waals surface area contributed by atoms with Crippen LogP contribution in [0.25, 0.3) is 0 Å². The first-order valence-corrected chi connectivity index (χ1v) is 7.05. The second-order valence-electron chi connectivity index (χ2n) is 4.70. The monoisotopic (exact) mass is 292 g/mol. The fraction of sp³-hybridized carbons (Fsp3) is 0.467. The molecule has 6 heteroatoms. The highest BCUT2D eigenvalue weighted by molar-refractivity contribution is 5.90. The summed E-state index contributed by atoms with van der Waals surface area (Å²) >= 11 is 0. The van der Waals surface area contributed by atoms with Gasteiger partial charge in [0.15, 0.2) is 5.96 Å². The number of amides is 1. The number of rotatable bonds is 7. The largest absolute Gasteiger partial charge is 0.495 e. The predicted octanol–water partition coefficient (Wildman–Crippen LogP) is 1.86. The zero-order valence-corrected chi connectivity index (χ0v) is 12.9. The Bertz CT molecular complexity index is 500. The smallest absolute Gasteiger partial charge is 0.221 e. The van der Waals surface area contributed by atoms with Crippen molar-refractivity contribution in [3.8, 4) is 5.75 Å². The minimum absolute atomic E-state index is 0.144. The molecule has 0 aromatic heterocycles. The minimum Gasteiger partial charge on any atom is -0.495 e. The second-order valence-corrected chi connectivity index (χ2v) is 4.70. The van der Waals surface area contributed by atoms with Crippen LogP contribution in [0, 0.1) is 0 Å². The average molecular weight is 292 g/mol. The van der Waals surface area contributed by atoms with E-state index in [0.717, 1.165) is 24.9 Å². The Morgan fingerprint density at radius 1 is 1.43 bits per heavy atom. The van der Waals surface area contributed by atoms with Crippen molar-refractivity contribution >= 4 is 17.6 Å². The van der Waals surface area contributed by atoms with Crippen molar-refractivity contribution in [2.75, 3.05) is 19.0 Å². The number of hydrogen-bond donors (Lipinski definition) is 3. The summed E-state index contributed by atoms with van der Waals surface area (Å²) in [5, 5.41) is 5.79. The maximum atomic E-state index is 11.2. The molecule has 0 aliphatic heterocycles. The minimum atomic E-state index is -0.144. The molecule has 6 nitrogen and oxygen atoms in total. The second kappa shape index (κ2) is 8.84. The zero-order valence-electron chi connectivity index (χ0n) is 12.9. The van der Waals surface area contributed by atoms with Gasteiger partial charge in [-0.05, 0) is 24.1 Å². The highest BCUT2D eigenvalue weighted by atomic mass is 16.5. The summed E-state index contributed by atoms with van der Waals surface area (Å²) in [6.07, 6.45) is 2.17. The molecule has 0 radical (unpaired) electrons. The number of nitrogens with zero attached hydrogens (tertiary/aromatic N) is 1. The van der Waals surface area contributed by atoms with Gasteiger partial charge in [0.2, 0.25) is 5.91 Å². The van der Waals surface area contributed by atoms with Gasteiger partial charge in [0.05, 0.1) is 19.3 Å². The van der Waals surface area contributed by atoms with Crippen LogP contribution in [0.5, 0.6) is 5.75 Å². The Hall–Kier alpha value is -2.24. The SMILES string of the molecule is CCCCNC(N)=NCc1ccc(OC)c(NC(C)=O)c1. The van der Waals surface area contributed by atoms with E-state index < -0.39 is 0 Å². The van der Waals surface area contributed by atoms with Crippen LogP contribution in [0.4, 0.5) is 5.69 Å². The Labute approximate surface area is 125 Å². The van der Waals surface area contributed by atoms with Crippen LogP contribution in [0.15, 0.2) is 23.2 Å². The number of unbranched alkanes of at least 4 members (excludes halogenated alkanes) is 1. The summed E-state index contributed by atoms with van der Waals surface area (Å²) in [6, 6.07) is 5.53. The number of ether oxygens (including phenoxy) is 1. The third kappa shape index (κ3) is 6.16. The van der Waals surface area contributed by atoms with Gasteiger partial charge in [0.25, 0.3) is 0 Å². The lowest BCUT2D eigenvalue weighted by atomic mass is 10.2. The summed E-state index contributed by atoms with van der Waals surface area (Å²) in [5.74, 6) is 0.905. The predicted molar refractivity (Wildman–Crippen MR) is 85.5 cm³/mol. The molecule has 116 valence electrons. The molecule has 0 unspecified atom stereocenters. The number of anilines is 1. The molecule has 0 spiro atoms. The van der Waals surface area contributed by atoms with Gasteiger partial charge in [-0.1, -0.05) is 19.4 Å². The van der Waals surface area contributed by atoms with Gasteiger partial charge in [-0.15, -0.1) is 0 Å². The first-order valence-electron chi connectivity index (χ1n) is 7.05. The molecule has 21 heavy (non-hydrogen) atoms. The maximum absolute atomic E-state index is 11.2. The van der Waals surface area contributed by atoms with Crippen LogP contribution >= 0.6 is 0 Å². The fourth-order valence-electron chi connectivity index (χ4n) is 1.77. The van der Waals surface area contributed by atoms with Gasteiger partial charge in [-0.2, -0.15) is 0 Å². The number of nitrogens with one attached hydrogen (secondary N) is 2. The first kappa shape index (κ1) is 16.8. The standard InChI is InChI=1S/C15H24N4O2/c1-4-5-8-17-15(16)18-10-12-6-7-14(21-3)13(9-12)19-11(2)20/h6-7,9H,4-5,8,10H2,1-3H3,(H,19,20)(H3,16,17,18). The van der Waals surface area contributed by atoms with Gasteiger partial charge in [0, 0.05) is 13.5 Å². The molecule has 1 rings (SSSR count). The first-order chi connectivity index (χ1) is 10.1. The van der Waals surface area contributed by atoms with Gasteiger partial charge >= 0.3 is 0 Å². The number of guanidine groups is 1. The molecule has 0 bridgehead atoms. The van der Waals surface area contributed by atoms with Crippen LogP contribution in [0.1, 0.15) is 32.3 Å². The van der Waals surface area contributed by atoms with E-state index in [-0.39, 0.29) is 5.91 Å². The lowest BCUT2D eigenvalue weighted by molar-refractivity contribution is -0.114. The Kier molecular flexibility index (Phi) is 7.08. The highest BCUT2D eigenvalue weighted by Gasteiger charge is 2.05. The van der Waals surface area contributed by atoms with Crippen LogP contribution in [-0.2, 0) is 11.3 Å². The van der Waals surface area contributed by atoms with Gasteiger partial charge in [-0.3, -0.25) is 4.79 Å². The van der Waals surface area contributed by atoms with Crippen molar-refractivity contribution in [3.05, 3.63) is 23.8 Å². The van der Waals surface area contributed by atoms with Gasteiger partial charge in [0.1, 0.15) is 5.75 Å². The third-order valence-corrected chi connectivity index (χ3v) is 2.84. The molecule has 0 saturated carbocycles. The van der Waals surface area contributed by atoms with E-state index in [0.29, 0.717) is 23.9 Å². The van der Waals surface area contributed by atoms with E-state index in [1.54, 1.807) is 13.2 Å². The molecule has 0 aliphatic carbocycles. The normalized spacial score (nSPS) is 11.1.